The first-order valence-corrected chi connectivity index (χ1v) is 10.7. The number of nitrogens with zero attached hydrogens (tertiary/aromatic N) is 2. The number of rotatable bonds is 5. The predicted octanol–water partition coefficient (Wildman–Crippen LogP) is 4.69. The second kappa shape index (κ2) is 7.52. The van der Waals surface area contributed by atoms with Gasteiger partial charge in [-0.1, -0.05) is 36.9 Å². The van der Waals surface area contributed by atoms with Crippen LogP contribution in [0.5, 0.6) is 0 Å². The summed E-state index contributed by atoms with van der Waals surface area (Å²) in [7, 11) is 0. The molecule has 0 radical (unpaired) electrons. The number of carbonyl (C=O) groups excluding carboxylic acids is 2. The summed E-state index contributed by atoms with van der Waals surface area (Å²) in [5.41, 5.74) is 2.80. The van der Waals surface area contributed by atoms with Crippen molar-refractivity contribution >= 4 is 39.1 Å². The van der Waals surface area contributed by atoms with Gasteiger partial charge < -0.3 is 9.73 Å². The van der Waals surface area contributed by atoms with Crippen molar-refractivity contribution < 1.29 is 14.0 Å². The minimum atomic E-state index is -0.689. The van der Waals surface area contributed by atoms with E-state index < -0.39 is 6.04 Å². The van der Waals surface area contributed by atoms with Gasteiger partial charge in [0.15, 0.2) is 10.8 Å². The van der Waals surface area contributed by atoms with Crippen LogP contribution in [0.3, 0.4) is 0 Å². The summed E-state index contributed by atoms with van der Waals surface area (Å²) in [6.07, 6.45) is 0. The molecule has 1 unspecified atom stereocenters. The molecule has 2 amide bonds. The van der Waals surface area contributed by atoms with Crippen LogP contribution in [-0.2, 0) is 11.3 Å². The Hall–Kier alpha value is -3.71. The maximum Gasteiger partial charge on any atom is 0.259 e. The van der Waals surface area contributed by atoms with Crippen LogP contribution in [0.4, 0.5) is 0 Å². The fourth-order valence-electron chi connectivity index (χ4n) is 3.72. The molecular weight excluding hydrogens is 410 g/mol. The number of nitrogens with one attached hydrogen (secondary N) is 1. The molecule has 0 bridgehead atoms. The molecule has 5 rings (SSSR count). The average Bonchev–Trinajstić information content (AvgIpc) is 3.49. The van der Waals surface area contributed by atoms with Crippen LogP contribution in [0.2, 0.25) is 0 Å². The lowest BCUT2D eigenvalue weighted by Gasteiger charge is -2.24. The van der Waals surface area contributed by atoms with Crippen molar-refractivity contribution in [3.05, 3.63) is 84.1 Å². The van der Waals surface area contributed by atoms with E-state index in [-0.39, 0.29) is 18.4 Å². The first kappa shape index (κ1) is 19.3. The van der Waals surface area contributed by atoms with Crippen LogP contribution in [-0.4, -0.2) is 27.7 Å². The Morgan fingerprint density at radius 1 is 1.13 bits per heavy atom. The standard InChI is InChI=1S/C24H19N3O3S/c1-14-17-7-3-4-8-18(17)24(29)27(14)15(2)22(28)25-13-16-11-12-20(30-16)23-26-19-9-5-6-10-21(19)31-23/h3-12,15H,1,13H2,2H3,(H,25,28). The third-order valence-corrected chi connectivity index (χ3v) is 6.40. The Labute approximate surface area is 182 Å². The molecule has 0 spiro atoms. The number of thiazole rings is 1. The van der Waals surface area contributed by atoms with Crippen LogP contribution >= 0.6 is 11.3 Å². The van der Waals surface area contributed by atoms with E-state index in [0.717, 1.165) is 20.8 Å². The summed E-state index contributed by atoms with van der Waals surface area (Å²) in [5, 5.41) is 3.65. The van der Waals surface area contributed by atoms with E-state index in [2.05, 4.69) is 16.9 Å². The number of aromatic nitrogens is 1. The smallest absolute Gasteiger partial charge is 0.259 e. The third kappa shape index (κ3) is 3.33. The Bertz CT molecular complexity index is 1270. The van der Waals surface area contributed by atoms with E-state index >= 15 is 0 Å². The number of hydrogen-bond acceptors (Lipinski definition) is 5. The highest BCUT2D eigenvalue weighted by atomic mass is 32.1. The number of fused-ring (bicyclic) bond motifs is 2. The number of hydrogen-bond donors (Lipinski definition) is 1. The molecule has 154 valence electrons. The van der Waals surface area contributed by atoms with Gasteiger partial charge in [-0.05, 0) is 37.3 Å². The highest BCUT2D eigenvalue weighted by Gasteiger charge is 2.36. The van der Waals surface area contributed by atoms with Crippen molar-refractivity contribution in [3.63, 3.8) is 0 Å². The normalized spacial score (nSPS) is 14.2. The van der Waals surface area contributed by atoms with Gasteiger partial charge in [0.1, 0.15) is 11.8 Å². The van der Waals surface area contributed by atoms with Gasteiger partial charge in [0.05, 0.1) is 16.8 Å². The number of para-hydroxylation sites is 1. The lowest BCUT2D eigenvalue weighted by Crippen LogP contribution is -2.44. The van der Waals surface area contributed by atoms with Gasteiger partial charge in [0.25, 0.3) is 5.91 Å². The number of furan rings is 1. The zero-order chi connectivity index (χ0) is 21.5. The lowest BCUT2D eigenvalue weighted by atomic mass is 10.1. The first-order valence-electron chi connectivity index (χ1n) is 9.87. The number of carbonyl (C=O) groups is 2. The predicted molar refractivity (Wildman–Crippen MR) is 120 cm³/mol. The highest BCUT2D eigenvalue weighted by Crippen LogP contribution is 2.33. The molecule has 1 atom stereocenters. The molecule has 0 saturated heterocycles. The molecule has 0 fully saturated rings. The maximum absolute atomic E-state index is 12.7. The molecule has 1 aliphatic rings. The van der Waals surface area contributed by atoms with Crippen molar-refractivity contribution in [1.29, 1.82) is 0 Å². The topological polar surface area (TPSA) is 75.4 Å². The van der Waals surface area contributed by atoms with Gasteiger partial charge in [0, 0.05) is 16.8 Å². The SMILES string of the molecule is C=C1c2ccccc2C(=O)N1C(C)C(=O)NCc1ccc(-c2nc3ccccc3s2)o1. The van der Waals surface area contributed by atoms with Gasteiger partial charge in [-0.15, -0.1) is 11.3 Å². The van der Waals surface area contributed by atoms with E-state index in [9.17, 15) is 9.59 Å². The minimum Gasteiger partial charge on any atom is -0.457 e. The Balaban J connectivity index is 1.26. The summed E-state index contributed by atoms with van der Waals surface area (Å²) in [4.78, 5) is 31.5. The van der Waals surface area contributed by atoms with Crippen molar-refractivity contribution in [2.75, 3.05) is 0 Å². The summed E-state index contributed by atoms with van der Waals surface area (Å²) >= 11 is 1.56. The van der Waals surface area contributed by atoms with Gasteiger partial charge in [-0.2, -0.15) is 0 Å². The van der Waals surface area contributed by atoms with Crippen LogP contribution < -0.4 is 5.32 Å². The van der Waals surface area contributed by atoms with Gasteiger partial charge in [0.2, 0.25) is 5.91 Å². The molecule has 31 heavy (non-hydrogen) atoms. The Morgan fingerprint density at radius 2 is 1.87 bits per heavy atom. The van der Waals surface area contributed by atoms with E-state index in [4.69, 9.17) is 4.42 Å². The number of amides is 2. The van der Waals surface area contributed by atoms with Crippen LogP contribution in [0.15, 0.2) is 71.7 Å². The first-order chi connectivity index (χ1) is 15.0. The van der Waals surface area contributed by atoms with Gasteiger partial charge in [-0.3, -0.25) is 14.5 Å². The summed E-state index contributed by atoms with van der Waals surface area (Å²) < 4.78 is 6.97. The van der Waals surface area contributed by atoms with Gasteiger partial charge in [-0.25, -0.2) is 4.98 Å². The Kier molecular flexibility index (Phi) is 4.67. The maximum atomic E-state index is 12.7. The second-order valence-corrected chi connectivity index (χ2v) is 8.34. The number of benzene rings is 2. The zero-order valence-electron chi connectivity index (χ0n) is 16.8. The molecule has 4 aromatic rings. The van der Waals surface area contributed by atoms with Crippen LogP contribution in [0.1, 0.15) is 28.6 Å². The highest BCUT2D eigenvalue weighted by molar-refractivity contribution is 7.21. The lowest BCUT2D eigenvalue weighted by molar-refractivity contribution is -0.124. The quantitative estimate of drug-likeness (QED) is 0.500. The molecule has 3 heterocycles. The molecule has 0 saturated carbocycles. The van der Waals surface area contributed by atoms with E-state index in [0.29, 0.717) is 22.8 Å². The molecule has 6 nitrogen and oxygen atoms in total. The molecule has 0 aliphatic carbocycles. The van der Waals surface area contributed by atoms with Crippen molar-refractivity contribution in [2.24, 2.45) is 0 Å². The fraction of sp³-hybridized carbons (Fsp3) is 0.125. The van der Waals surface area contributed by atoms with Crippen molar-refractivity contribution in [1.82, 2.24) is 15.2 Å². The van der Waals surface area contributed by atoms with Crippen molar-refractivity contribution in [2.45, 2.75) is 19.5 Å². The van der Waals surface area contributed by atoms with E-state index in [1.807, 2.05) is 48.5 Å². The molecule has 1 N–H and O–H groups in total. The van der Waals surface area contributed by atoms with Crippen molar-refractivity contribution in [3.8, 4) is 10.8 Å². The molecule has 2 aromatic carbocycles. The largest absolute Gasteiger partial charge is 0.457 e. The third-order valence-electron chi connectivity index (χ3n) is 5.35. The molecule has 7 heteroatoms. The summed E-state index contributed by atoms with van der Waals surface area (Å²) in [5.74, 6) is 0.793. The molecular formula is C24H19N3O3S. The Morgan fingerprint density at radius 3 is 2.65 bits per heavy atom. The van der Waals surface area contributed by atoms with E-state index in [1.54, 1.807) is 30.4 Å². The second-order valence-electron chi connectivity index (χ2n) is 7.31. The van der Waals surface area contributed by atoms with E-state index in [1.165, 1.54) is 4.90 Å². The zero-order valence-corrected chi connectivity index (χ0v) is 17.6. The minimum absolute atomic E-state index is 0.209. The monoisotopic (exact) mass is 429 g/mol. The van der Waals surface area contributed by atoms with Crippen LogP contribution in [0, 0.1) is 0 Å². The average molecular weight is 430 g/mol. The fourth-order valence-corrected chi connectivity index (χ4v) is 4.65. The molecule has 2 aromatic heterocycles. The summed E-state index contributed by atoms with van der Waals surface area (Å²) in [6, 6.07) is 18.1. The molecule has 1 aliphatic heterocycles. The summed E-state index contributed by atoms with van der Waals surface area (Å²) in [6.45, 7) is 5.92. The van der Waals surface area contributed by atoms with Gasteiger partial charge >= 0.3 is 0 Å². The van der Waals surface area contributed by atoms with Crippen LogP contribution in [0.25, 0.3) is 26.7 Å².